The lowest BCUT2D eigenvalue weighted by molar-refractivity contribution is -0.115. The molecule has 1 aliphatic rings. The standard InChI is InChI=1S/C32H28Cl2N2O4S2/c1-18-11-13-24-26(15-18)42-31(27(24)32(39)40-2)36-30(38)28(19-7-4-3-5-8-19)41-22-10-6-9-21(17-22)35-29(37)23-14-12-20(33)16-25(23)34/h3-10,12,14,16-18,28H,11,13,15H2,1-2H3,(H,35,37)(H,36,38). The molecule has 0 fully saturated rings. The molecule has 0 saturated heterocycles. The Morgan fingerprint density at radius 2 is 1.79 bits per heavy atom. The highest BCUT2D eigenvalue weighted by molar-refractivity contribution is 8.00. The van der Waals surface area contributed by atoms with Crippen LogP contribution >= 0.6 is 46.3 Å². The minimum absolute atomic E-state index is 0.252. The monoisotopic (exact) mass is 638 g/mol. The predicted molar refractivity (Wildman–Crippen MR) is 171 cm³/mol. The fourth-order valence-corrected chi connectivity index (χ4v) is 7.87. The van der Waals surface area contributed by atoms with E-state index in [1.807, 2.05) is 42.5 Å². The Kier molecular flexibility index (Phi) is 9.58. The average molecular weight is 640 g/mol. The van der Waals surface area contributed by atoms with Crippen LogP contribution in [0.2, 0.25) is 10.0 Å². The summed E-state index contributed by atoms with van der Waals surface area (Å²) in [4.78, 5) is 41.5. The van der Waals surface area contributed by atoms with E-state index in [0.29, 0.717) is 32.8 Å². The van der Waals surface area contributed by atoms with Gasteiger partial charge in [0.15, 0.2) is 0 Å². The summed E-state index contributed by atoms with van der Waals surface area (Å²) >= 11 is 15.0. The first-order valence-corrected chi connectivity index (χ1v) is 15.8. The van der Waals surface area contributed by atoms with E-state index in [0.717, 1.165) is 40.2 Å². The molecule has 0 radical (unpaired) electrons. The zero-order valence-corrected chi connectivity index (χ0v) is 26.1. The van der Waals surface area contributed by atoms with Gasteiger partial charge in [0.2, 0.25) is 5.91 Å². The van der Waals surface area contributed by atoms with E-state index in [1.165, 1.54) is 36.3 Å². The fourth-order valence-electron chi connectivity index (χ4n) is 4.89. The van der Waals surface area contributed by atoms with Crippen molar-refractivity contribution in [2.45, 2.75) is 36.3 Å². The Bertz CT molecular complexity index is 1640. The molecule has 4 aromatic rings. The molecule has 1 heterocycles. The molecule has 10 heteroatoms. The zero-order valence-electron chi connectivity index (χ0n) is 22.9. The van der Waals surface area contributed by atoms with Crippen molar-refractivity contribution < 1.29 is 19.1 Å². The lowest BCUT2D eigenvalue weighted by Gasteiger charge is -2.18. The minimum atomic E-state index is -0.633. The third kappa shape index (κ3) is 6.84. The van der Waals surface area contributed by atoms with Crippen molar-refractivity contribution in [2.24, 2.45) is 5.92 Å². The molecule has 1 aromatic heterocycles. The number of thioether (sulfide) groups is 1. The van der Waals surface area contributed by atoms with Crippen LogP contribution in [0.1, 0.15) is 55.3 Å². The first-order chi connectivity index (χ1) is 20.2. The fraction of sp³-hybridized carbons (Fsp3) is 0.219. The van der Waals surface area contributed by atoms with Crippen molar-refractivity contribution >= 4 is 74.8 Å². The molecule has 216 valence electrons. The number of nitrogens with one attached hydrogen (secondary N) is 2. The molecule has 6 nitrogen and oxygen atoms in total. The number of methoxy groups -OCH3 is 1. The molecule has 2 N–H and O–H groups in total. The van der Waals surface area contributed by atoms with E-state index in [9.17, 15) is 14.4 Å². The van der Waals surface area contributed by atoms with Crippen LogP contribution < -0.4 is 10.6 Å². The number of amides is 2. The molecule has 0 saturated carbocycles. The molecule has 2 unspecified atom stereocenters. The lowest BCUT2D eigenvalue weighted by Crippen LogP contribution is -2.20. The molecule has 5 rings (SSSR count). The second-order valence-electron chi connectivity index (χ2n) is 10.1. The molecule has 3 aromatic carbocycles. The molecule has 0 spiro atoms. The van der Waals surface area contributed by atoms with Gasteiger partial charge in [-0.05, 0) is 72.7 Å². The highest BCUT2D eigenvalue weighted by Crippen LogP contribution is 2.42. The van der Waals surface area contributed by atoms with E-state index >= 15 is 0 Å². The summed E-state index contributed by atoms with van der Waals surface area (Å²) in [5, 5.41) is 6.51. The van der Waals surface area contributed by atoms with Crippen molar-refractivity contribution in [3.8, 4) is 0 Å². The number of fused-ring (bicyclic) bond motifs is 1. The van der Waals surface area contributed by atoms with Gasteiger partial charge in [0.05, 0.1) is 23.3 Å². The Labute approximate surface area is 262 Å². The van der Waals surface area contributed by atoms with E-state index < -0.39 is 11.2 Å². The predicted octanol–water partition coefficient (Wildman–Crippen LogP) is 8.69. The first kappa shape index (κ1) is 30.2. The Morgan fingerprint density at radius 3 is 2.52 bits per heavy atom. The van der Waals surface area contributed by atoms with Crippen LogP contribution in [-0.4, -0.2) is 24.9 Å². The molecule has 2 atom stereocenters. The van der Waals surface area contributed by atoms with Crippen molar-refractivity contribution in [1.82, 2.24) is 0 Å². The number of hydrogen-bond acceptors (Lipinski definition) is 6. The number of carbonyl (C=O) groups excluding carboxylic acids is 3. The summed E-state index contributed by atoms with van der Waals surface area (Å²) in [7, 11) is 1.36. The van der Waals surface area contributed by atoms with Gasteiger partial charge in [-0.25, -0.2) is 4.79 Å². The van der Waals surface area contributed by atoms with E-state index in [1.54, 1.807) is 24.3 Å². The van der Waals surface area contributed by atoms with E-state index in [4.69, 9.17) is 27.9 Å². The SMILES string of the molecule is COC(=O)c1c(NC(=O)C(Sc2cccc(NC(=O)c3ccc(Cl)cc3Cl)c2)c2ccccc2)sc2c1CCC(C)C2. The van der Waals surface area contributed by atoms with Crippen molar-refractivity contribution in [1.29, 1.82) is 0 Å². The van der Waals surface area contributed by atoms with Crippen LogP contribution in [0.25, 0.3) is 0 Å². The van der Waals surface area contributed by atoms with Crippen LogP contribution in [0.3, 0.4) is 0 Å². The summed E-state index contributed by atoms with van der Waals surface area (Å²) in [6.07, 6.45) is 2.64. The maximum atomic E-state index is 13.9. The summed E-state index contributed by atoms with van der Waals surface area (Å²) in [6, 6.07) is 21.4. The summed E-state index contributed by atoms with van der Waals surface area (Å²) in [5.41, 5.74) is 3.09. The average Bonchev–Trinajstić information content (AvgIpc) is 3.32. The smallest absolute Gasteiger partial charge is 0.341 e. The summed E-state index contributed by atoms with van der Waals surface area (Å²) in [5.74, 6) is -0.556. The second-order valence-corrected chi connectivity index (χ2v) is 13.2. The summed E-state index contributed by atoms with van der Waals surface area (Å²) in [6.45, 7) is 2.20. The number of esters is 1. The van der Waals surface area contributed by atoms with Gasteiger partial charge < -0.3 is 15.4 Å². The van der Waals surface area contributed by atoms with Gasteiger partial charge in [0.25, 0.3) is 5.91 Å². The maximum Gasteiger partial charge on any atom is 0.341 e. The third-order valence-electron chi connectivity index (χ3n) is 7.00. The van der Waals surface area contributed by atoms with Gasteiger partial charge in [0.1, 0.15) is 10.3 Å². The molecular weight excluding hydrogens is 611 g/mol. The number of hydrogen-bond donors (Lipinski definition) is 2. The Balaban J connectivity index is 1.40. The number of benzene rings is 3. The number of ether oxygens (including phenoxy) is 1. The second kappa shape index (κ2) is 13.3. The van der Waals surface area contributed by atoms with Crippen LogP contribution in [0.4, 0.5) is 10.7 Å². The largest absolute Gasteiger partial charge is 0.465 e. The number of rotatable bonds is 8. The summed E-state index contributed by atoms with van der Waals surface area (Å²) < 4.78 is 5.10. The highest BCUT2D eigenvalue weighted by Gasteiger charge is 2.31. The molecular formula is C32H28Cl2N2O4S2. The van der Waals surface area contributed by atoms with Crippen LogP contribution in [0, 0.1) is 5.92 Å². The Hall–Kier alpha value is -3.30. The van der Waals surface area contributed by atoms with Crippen LogP contribution in [0.5, 0.6) is 0 Å². The molecule has 0 aliphatic heterocycles. The molecule has 1 aliphatic carbocycles. The van der Waals surface area contributed by atoms with Crippen molar-refractivity contribution in [3.05, 3.63) is 110 Å². The number of carbonyl (C=O) groups is 3. The Morgan fingerprint density at radius 1 is 1.00 bits per heavy atom. The highest BCUT2D eigenvalue weighted by atomic mass is 35.5. The van der Waals surface area contributed by atoms with Gasteiger partial charge >= 0.3 is 5.97 Å². The molecule has 2 amide bonds. The van der Waals surface area contributed by atoms with Gasteiger partial charge in [-0.15, -0.1) is 23.1 Å². The van der Waals surface area contributed by atoms with Gasteiger partial charge in [-0.1, -0.05) is 66.5 Å². The maximum absolute atomic E-state index is 13.9. The number of thiophene rings is 1. The normalized spacial score (nSPS) is 14.9. The van der Waals surface area contributed by atoms with Gasteiger partial charge in [-0.3, -0.25) is 9.59 Å². The topological polar surface area (TPSA) is 84.5 Å². The minimum Gasteiger partial charge on any atom is -0.465 e. The molecule has 42 heavy (non-hydrogen) atoms. The lowest BCUT2D eigenvalue weighted by atomic mass is 9.88. The van der Waals surface area contributed by atoms with Crippen LogP contribution in [0.15, 0.2) is 77.7 Å². The van der Waals surface area contributed by atoms with Gasteiger partial charge in [0, 0.05) is 20.5 Å². The molecule has 0 bridgehead atoms. The first-order valence-electron chi connectivity index (χ1n) is 13.3. The van der Waals surface area contributed by atoms with E-state index in [2.05, 4.69) is 17.6 Å². The van der Waals surface area contributed by atoms with Crippen molar-refractivity contribution in [3.63, 3.8) is 0 Å². The zero-order chi connectivity index (χ0) is 29.8. The van der Waals surface area contributed by atoms with Crippen molar-refractivity contribution in [2.75, 3.05) is 17.7 Å². The van der Waals surface area contributed by atoms with Gasteiger partial charge in [-0.2, -0.15) is 0 Å². The quantitative estimate of drug-likeness (QED) is 0.149. The van der Waals surface area contributed by atoms with Crippen LogP contribution in [-0.2, 0) is 22.4 Å². The third-order valence-corrected chi connectivity index (χ3v) is 9.97. The number of anilines is 2. The number of halogens is 2. The van der Waals surface area contributed by atoms with E-state index in [-0.39, 0.29) is 16.8 Å².